The third-order valence-electron chi connectivity index (χ3n) is 6.86. The largest absolute Gasteiger partial charge is 0.380 e. The Morgan fingerprint density at radius 1 is 0.758 bits per heavy atom. The summed E-state index contributed by atoms with van der Waals surface area (Å²) in [5.74, 6) is -0.309. The van der Waals surface area contributed by atoms with Crippen molar-refractivity contribution < 1.29 is 24.3 Å². The number of carbonyl (C=O) groups is 2. The highest BCUT2D eigenvalue weighted by atomic mass is 16.5. The summed E-state index contributed by atoms with van der Waals surface area (Å²) in [6.45, 7) is 19.3. The van der Waals surface area contributed by atoms with Crippen molar-refractivity contribution in [1.82, 2.24) is 10.8 Å². The van der Waals surface area contributed by atoms with Gasteiger partial charge in [0, 0.05) is 36.8 Å². The van der Waals surface area contributed by atoms with Crippen LogP contribution in [-0.4, -0.2) is 56.5 Å². The van der Waals surface area contributed by atoms with Gasteiger partial charge in [0.25, 0.3) is 0 Å². The Balaban J connectivity index is 4.69. The zero-order valence-corrected chi connectivity index (χ0v) is 22.4. The van der Waals surface area contributed by atoms with Crippen LogP contribution in [0.15, 0.2) is 0 Å². The summed E-state index contributed by atoms with van der Waals surface area (Å²) in [6.07, 6.45) is 3.17. The van der Waals surface area contributed by atoms with E-state index < -0.39 is 0 Å². The number of nitrogens with two attached hydrogens (primary N) is 1. The lowest BCUT2D eigenvalue weighted by molar-refractivity contribution is -0.126. The number of nitrogens with one attached hydrogen (secondary N) is 2. The number of ether oxygens (including phenoxy) is 2. The minimum atomic E-state index is -0.315. The predicted molar refractivity (Wildman–Crippen MR) is 132 cm³/mol. The van der Waals surface area contributed by atoms with Crippen molar-refractivity contribution in [3.8, 4) is 0 Å². The molecule has 0 aromatic carbocycles. The van der Waals surface area contributed by atoms with Crippen LogP contribution in [0.2, 0.25) is 0 Å². The van der Waals surface area contributed by atoms with Crippen LogP contribution in [0.1, 0.15) is 87.5 Å². The van der Waals surface area contributed by atoms with Gasteiger partial charge in [0.1, 0.15) is 0 Å². The lowest BCUT2D eigenvalue weighted by Crippen LogP contribution is -2.41. The molecular weight excluding hydrogens is 422 g/mol. The van der Waals surface area contributed by atoms with Gasteiger partial charge in [-0.3, -0.25) is 9.59 Å². The Labute approximate surface area is 201 Å². The molecule has 0 heterocycles. The molecule has 0 spiro atoms. The van der Waals surface area contributed by atoms with Crippen LogP contribution in [0.4, 0.5) is 0 Å². The average molecular weight is 474 g/mol. The van der Waals surface area contributed by atoms with Crippen molar-refractivity contribution in [3.63, 3.8) is 0 Å². The van der Waals surface area contributed by atoms with Gasteiger partial charge in [0.2, 0.25) is 11.8 Å². The van der Waals surface area contributed by atoms with Crippen LogP contribution < -0.4 is 16.5 Å². The fourth-order valence-electron chi connectivity index (χ4n) is 3.40. The molecule has 3 atom stereocenters. The van der Waals surface area contributed by atoms with Gasteiger partial charge in [-0.05, 0) is 30.1 Å². The molecule has 0 aliphatic heterocycles. The predicted octanol–water partition coefficient (Wildman–Crippen LogP) is 3.66. The highest BCUT2D eigenvalue weighted by molar-refractivity contribution is 5.76. The van der Waals surface area contributed by atoms with Gasteiger partial charge >= 0.3 is 0 Å². The molecule has 0 fully saturated rings. The SMILES string of the molecule is CCC(C)(CNC(=O)CC(C)(CC)COCC(C)(C)CNO)COCC(C)(CC)CC(N)=O. The molecule has 5 N–H and O–H groups in total. The summed E-state index contributed by atoms with van der Waals surface area (Å²) in [6, 6.07) is 0. The molecular formula is C25H51N3O5. The normalized spacial score (nSPS) is 17.6. The van der Waals surface area contributed by atoms with Crippen molar-refractivity contribution in [2.75, 3.05) is 39.5 Å². The molecule has 8 heteroatoms. The van der Waals surface area contributed by atoms with Gasteiger partial charge < -0.3 is 25.7 Å². The van der Waals surface area contributed by atoms with E-state index in [1.165, 1.54) is 0 Å². The van der Waals surface area contributed by atoms with E-state index in [2.05, 4.69) is 38.5 Å². The number of amides is 2. The van der Waals surface area contributed by atoms with Gasteiger partial charge in [-0.1, -0.05) is 55.4 Å². The van der Waals surface area contributed by atoms with Crippen LogP contribution in [0.25, 0.3) is 0 Å². The second-order valence-corrected chi connectivity index (χ2v) is 11.6. The first-order valence-corrected chi connectivity index (χ1v) is 12.2. The maximum atomic E-state index is 12.7. The molecule has 0 aromatic rings. The van der Waals surface area contributed by atoms with Crippen LogP contribution in [0.5, 0.6) is 0 Å². The summed E-state index contributed by atoms with van der Waals surface area (Å²) < 4.78 is 11.9. The molecule has 0 radical (unpaired) electrons. The van der Waals surface area contributed by atoms with E-state index >= 15 is 0 Å². The minimum Gasteiger partial charge on any atom is -0.380 e. The molecule has 0 saturated heterocycles. The molecule has 0 bridgehead atoms. The van der Waals surface area contributed by atoms with Crippen LogP contribution in [0.3, 0.4) is 0 Å². The third kappa shape index (κ3) is 13.3. The monoisotopic (exact) mass is 473 g/mol. The molecule has 2 amide bonds. The Bertz CT molecular complexity index is 601. The maximum Gasteiger partial charge on any atom is 0.220 e. The lowest BCUT2D eigenvalue weighted by atomic mass is 9.83. The highest BCUT2D eigenvalue weighted by Gasteiger charge is 2.31. The van der Waals surface area contributed by atoms with Gasteiger partial charge in [0.15, 0.2) is 0 Å². The number of carbonyl (C=O) groups excluding carboxylic acids is 2. The second kappa shape index (κ2) is 14.2. The molecule has 0 aliphatic rings. The molecule has 0 aliphatic carbocycles. The average Bonchev–Trinajstić information content (AvgIpc) is 2.71. The first-order chi connectivity index (χ1) is 15.2. The zero-order chi connectivity index (χ0) is 25.8. The Kier molecular flexibility index (Phi) is 13.7. The summed E-state index contributed by atoms with van der Waals surface area (Å²) in [4.78, 5) is 24.1. The number of hydrogen-bond donors (Lipinski definition) is 4. The summed E-state index contributed by atoms with van der Waals surface area (Å²) in [5.41, 5.74) is 6.66. The van der Waals surface area contributed by atoms with Crippen LogP contribution in [0, 0.1) is 21.7 Å². The Morgan fingerprint density at radius 2 is 1.21 bits per heavy atom. The van der Waals surface area contributed by atoms with Gasteiger partial charge in [-0.2, -0.15) is 0 Å². The lowest BCUT2D eigenvalue weighted by Gasteiger charge is -2.33. The first kappa shape index (κ1) is 31.8. The topological polar surface area (TPSA) is 123 Å². The van der Waals surface area contributed by atoms with E-state index in [0.29, 0.717) is 52.4 Å². The van der Waals surface area contributed by atoms with Crippen molar-refractivity contribution in [3.05, 3.63) is 0 Å². The second-order valence-electron chi connectivity index (χ2n) is 11.6. The Morgan fingerprint density at radius 3 is 1.67 bits per heavy atom. The van der Waals surface area contributed by atoms with Crippen molar-refractivity contribution in [2.45, 2.75) is 87.5 Å². The van der Waals surface area contributed by atoms with Crippen molar-refractivity contribution in [1.29, 1.82) is 0 Å². The van der Waals surface area contributed by atoms with E-state index in [1.807, 2.05) is 27.7 Å². The summed E-state index contributed by atoms with van der Waals surface area (Å²) in [5, 5.41) is 12.0. The minimum absolute atomic E-state index is 0.00559. The fraction of sp³-hybridized carbons (Fsp3) is 0.920. The Hall–Kier alpha value is -1.22. The van der Waals surface area contributed by atoms with E-state index in [0.717, 1.165) is 19.3 Å². The standard InChI is InChI=1S/C25H51N3O5/c1-9-23(6,12-20(26)29)17-33-19-25(8,11-3)15-27-21(30)13-24(7,10-2)18-32-16-22(4,5)14-28-31/h28,31H,9-19H2,1-8H3,(H2,26,29)(H,27,30). The fourth-order valence-corrected chi connectivity index (χ4v) is 3.40. The first-order valence-electron chi connectivity index (χ1n) is 12.2. The number of rotatable bonds is 19. The molecule has 3 unspecified atom stereocenters. The number of hydroxylamine groups is 1. The third-order valence-corrected chi connectivity index (χ3v) is 6.86. The smallest absolute Gasteiger partial charge is 0.220 e. The molecule has 196 valence electrons. The number of hydrogen-bond acceptors (Lipinski definition) is 6. The maximum absolute atomic E-state index is 12.7. The number of primary amides is 1. The molecule has 0 rings (SSSR count). The molecule has 0 aromatic heterocycles. The molecule has 8 nitrogen and oxygen atoms in total. The van der Waals surface area contributed by atoms with Crippen molar-refractivity contribution >= 4 is 11.8 Å². The van der Waals surface area contributed by atoms with E-state index in [1.54, 1.807) is 0 Å². The van der Waals surface area contributed by atoms with Gasteiger partial charge in [-0.25, -0.2) is 5.48 Å². The van der Waals surface area contributed by atoms with Crippen LogP contribution >= 0.6 is 0 Å². The molecule has 0 saturated carbocycles. The van der Waals surface area contributed by atoms with E-state index in [-0.39, 0.29) is 33.5 Å². The van der Waals surface area contributed by atoms with Crippen LogP contribution in [-0.2, 0) is 19.1 Å². The quantitative estimate of drug-likeness (QED) is 0.212. The zero-order valence-electron chi connectivity index (χ0n) is 22.4. The molecule has 33 heavy (non-hydrogen) atoms. The summed E-state index contributed by atoms with van der Waals surface area (Å²) in [7, 11) is 0. The summed E-state index contributed by atoms with van der Waals surface area (Å²) >= 11 is 0. The highest BCUT2D eigenvalue weighted by Crippen LogP contribution is 2.29. The van der Waals surface area contributed by atoms with Gasteiger partial charge in [-0.15, -0.1) is 0 Å². The van der Waals surface area contributed by atoms with E-state index in [9.17, 15) is 9.59 Å². The van der Waals surface area contributed by atoms with Crippen molar-refractivity contribution in [2.24, 2.45) is 27.4 Å². The van der Waals surface area contributed by atoms with Gasteiger partial charge in [0.05, 0.1) is 26.4 Å². The van der Waals surface area contributed by atoms with E-state index in [4.69, 9.17) is 20.4 Å².